The highest BCUT2D eigenvalue weighted by atomic mass is 127. The van der Waals surface area contributed by atoms with Crippen molar-refractivity contribution in [2.24, 2.45) is 10.9 Å². The molecule has 1 aliphatic carbocycles. The fraction of sp³-hybridized carbons (Fsp3) is 0.600. The predicted molar refractivity (Wildman–Crippen MR) is 97.4 cm³/mol. The molecule has 1 aliphatic rings. The first-order valence-corrected chi connectivity index (χ1v) is 7.33. The second-order valence-electron chi connectivity index (χ2n) is 5.40. The lowest BCUT2D eigenvalue weighted by Crippen LogP contribution is -2.39. The Balaban J connectivity index is 0.00000220. The molecule has 0 aliphatic heterocycles. The van der Waals surface area contributed by atoms with Gasteiger partial charge in [-0.1, -0.05) is 13.0 Å². The van der Waals surface area contributed by atoms with Crippen LogP contribution in [0.15, 0.2) is 34.2 Å². The van der Waals surface area contributed by atoms with Crippen molar-refractivity contribution in [2.45, 2.75) is 38.8 Å². The third-order valence-electron chi connectivity index (χ3n) is 3.67. The van der Waals surface area contributed by atoms with Gasteiger partial charge >= 0.3 is 0 Å². The Labute approximate surface area is 143 Å². The molecular weight excluding hydrogens is 379 g/mol. The van der Waals surface area contributed by atoms with Crippen LogP contribution in [0.2, 0.25) is 0 Å². The summed E-state index contributed by atoms with van der Waals surface area (Å²) in [4.78, 5) is 15.7. The number of hydrogen-bond donors (Lipinski definition) is 2. The van der Waals surface area contributed by atoms with E-state index >= 15 is 0 Å². The first-order valence-electron chi connectivity index (χ1n) is 7.33. The average molecular weight is 404 g/mol. The minimum absolute atomic E-state index is 0. The highest BCUT2D eigenvalue weighted by Gasteiger charge is 2.32. The number of aryl methyl sites for hydroxylation is 1. The summed E-state index contributed by atoms with van der Waals surface area (Å²) in [5.74, 6) is 1.65. The van der Waals surface area contributed by atoms with Crippen LogP contribution in [-0.2, 0) is 6.54 Å². The molecular formula is C15H25IN4O. The summed E-state index contributed by atoms with van der Waals surface area (Å²) < 4.78 is 1.75. The zero-order valence-electron chi connectivity index (χ0n) is 12.7. The van der Waals surface area contributed by atoms with Gasteiger partial charge in [-0.3, -0.25) is 9.79 Å². The summed E-state index contributed by atoms with van der Waals surface area (Å²) >= 11 is 0. The number of aromatic nitrogens is 1. The van der Waals surface area contributed by atoms with E-state index in [0.29, 0.717) is 6.04 Å². The molecule has 2 atom stereocenters. The van der Waals surface area contributed by atoms with Crippen LogP contribution < -0.4 is 16.2 Å². The van der Waals surface area contributed by atoms with Gasteiger partial charge in [0.15, 0.2) is 5.96 Å². The molecule has 1 aromatic rings. The summed E-state index contributed by atoms with van der Waals surface area (Å²) in [7, 11) is 1.80. The van der Waals surface area contributed by atoms with E-state index in [9.17, 15) is 4.79 Å². The van der Waals surface area contributed by atoms with Crippen molar-refractivity contribution >= 4 is 29.9 Å². The van der Waals surface area contributed by atoms with Crippen LogP contribution in [0.4, 0.5) is 0 Å². The Morgan fingerprint density at radius 1 is 1.43 bits per heavy atom. The molecule has 0 spiro atoms. The number of rotatable bonds is 6. The third-order valence-corrected chi connectivity index (χ3v) is 3.67. The fourth-order valence-corrected chi connectivity index (χ4v) is 2.15. The minimum Gasteiger partial charge on any atom is -0.356 e. The number of aliphatic imine (C=N–C) groups is 1. The van der Waals surface area contributed by atoms with Crippen LogP contribution in [-0.4, -0.2) is 30.2 Å². The quantitative estimate of drug-likeness (QED) is 0.329. The molecule has 2 unspecified atom stereocenters. The maximum atomic E-state index is 11.5. The molecule has 0 amide bonds. The highest BCUT2D eigenvalue weighted by molar-refractivity contribution is 14.0. The van der Waals surface area contributed by atoms with Crippen molar-refractivity contribution in [3.8, 4) is 0 Å². The Morgan fingerprint density at radius 2 is 2.19 bits per heavy atom. The number of unbranched alkanes of at least 4 members (excludes halogenated alkanes) is 1. The second kappa shape index (κ2) is 9.07. The van der Waals surface area contributed by atoms with E-state index in [4.69, 9.17) is 0 Å². The smallest absolute Gasteiger partial charge is 0.250 e. The molecule has 0 radical (unpaired) electrons. The van der Waals surface area contributed by atoms with Gasteiger partial charge in [-0.25, -0.2) is 0 Å². The van der Waals surface area contributed by atoms with Crippen LogP contribution in [0, 0.1) is 5.92 Å². The Kier molecular flexibility index (Phi) is 7.77. The molecule has 21 heavy (non-hydrogen) atoms. The zero-order chi connectivity index (χ0) is 14.4. The van der Waals surface area contributed by atoms with E-state index < -0.39 is 0 Å². The van der Waals surface area contributed by atoms with E-state index in [0.717, 1.165) is 37.8 Å². The number of pyridine rings is 1. The summed E-state index contributed by atoms with van der Waals surface area (Å²) in [5, 5.41) is 6.71. The lowest BCUT2D eigenvalue weighted by atomic mass is 10.3. The molecule has 6 heteroatoms. The van der Waals surface area contributed by atoms with Gasteiger partial charge in [0, 0.05) is 38.4 Å². The fourth-order valence-electron chi connectivity index (χ4n) is 2.15. The minimum atomic E-state index is 0. The molecule has 0 aromatic carbocycles. The first kappa shape index (κ1) is 18.0. The number of nitrogens with one attached hydrogen (secondary N) is 2. The maximum absolute atomic E-state index is 11.5. The maximum Gasteiger partial charge on any atom is 0.250 e. The van der Waals surface area contributed by atoms with Gasteiger partial charge in [0.25, 0.3) is 0 Å². The molecule has 0 bridgehead atoms. The van der Waals surface area contributed by atoms with Crippen LogP contribution in [0.3, 0.4) is 0 Å². The topological polar surface area (TPSA) is 58.4 Å². The number of hydrogen-bond acceptors (Lipinski definition) is 2. The van der Waals surface area contributed by atoms with Crippen molar-refractivity contribution in [1.29, 1.82) is 0 Å². The summed E-state index contributed by atoms with van der Waals surface area (Å²) in [6.45, 7) is 3.89. The normalized spacial score (nSPS) is 20.6. The standard InChI is InChI=1S/C15H24N4O.HI/c1-12-11-13(12)18-15(16-2)17-8-4-6-10-19-9-5-3-7-14(19)20;/h3,5,7,9,12-13H,4,6,8,10-11H2,1-2H3,(H2,16,17,18);1H. The van der Waals surface area contributed by atoms with E-state index in [1.165, 1.54) is 6.42 Å². The third kappa shape index (κ3) is 6.07. The molecule has 0 saturated heterocycles. The lowest BCUT2D eigenvalue weighted by Gasteiger charge is -2.11. The van der Waals surface area contributed by atoms with E-state index in [2.05, 4.69) is 22.5 Å². The van der Waals surface area contributed by atoms with Gasteiger partial charge in [-0.2, -0.15) is 0 Å². The number of nitrogens with zero attached hydrogens (tertiary/aromatic N) is 2. The molecule has 1 fully saturated rings. The zero-order valence-corrected chi connectivity index (χ0v) is 15.0. The molecule has 118 valence electrons. The second-order valence-corrected chi connectivity index (χ2v) is 5.40. The molecule has 1 heterocycles. The lowest BCUT2D eigenvalue weighted by molar-refractivity contribution is 0.585. The van der Waals surface area contributed by atoms with Crippen LogP contribution in [0.25, 0.3) is 0 Å². The van der Waals surface area contributed by atoms with Gasteiger partial charge < -0.3 is 15.2 Å². The van der Waals surface area contributed by atoms with Crippen LogP contribution >= 0.6 is 24.0 Å². The average Bonchev–Trinajstić information content (AvgIpc) is 3.14. The van der Waals surface area contributed by atoms with Gasteiger partial charge in [0.05, 0.1) is 0 Å². The van der Waals surface area contributed by atoms with Crippen LogP contribution in [0.1, 0.15) is 26.2 Å². The Hall–Kier alpha value is -1.05. The van der Waals surface area contributed by atoms with Gasteiger partial charge in [-0.05, 0) is 31.2 Å². The van der Waals surface area contributed by atoms with Crippen molar-refractivity contribution in [3.63, 3.8) is 0 Å². The molecule has 5 nitrogen and oxygen atoms in total. The van der Waals surface area contributed by atoms with Gasteiger partial charge in [-0.15, -0.1) is 24.0 Å². The molecule has 2 rings (SSSR count). The molecule has 1 aromatic heterocycles. The predicted octanol–water partition coefficient (Wildman–Crippen LogP) is 1.82. The summed E-state index contributed by atoms with van der Waals surface area (Å²) in [5.41, 5.74) is 0.0701. The van der Waals surface area contributed by atoms with Gasteiger partial charge in [0.1, 0.15) is 0 Å². The largest absolute Gasteiger partial charge is 0.356 e. The van der Waals surface area contributed by atoms with Crippen molar-refractivity contribution in [3.05, 3.63) is 34.7 Å². The number of guanidine groups is 1. The van der Waals surface area contributed by atoms with Crippen molar-refractivity contribution in [2.75, 3.05) is 13.6 Å². The van der Waals surface area contributed by atoms with Crippen molar-refractivity contribution in [1.82, 2.24) is 15.2 Å². The van der Waals surface area contributed by atoms with Crippen molar-refractivity contribution < 1.29 is 0 Å². The first-order chi connectivity index (χ1) is 9.70. The van der Waals surface area contributed by atoms with Gasteiger partial charge in [0.2, 0.25) is 5.56 Å². The Morgan fingerprint density at radius 3 is 2.81 bits per heavy atom. The summed E-state index contributed by atoms with van der Waals surface area (Å²) in [6, 6.07) is 5.85. The molecule has 1 saturated carbocycles. The van der Waals surface area contributed by atoms with E-state index in [-0.39, 0.29) is 29.5 Å². The highest BCUT2D eigenvalue weighted by Crippen LogP contribution is 2.28. The SMILES string of the molecule is CN=C(NCCCCn1ccccc1=O)NC1CC1C.I. The van der Waals surface area contributed by atoms with E-state index in [1.807, 2.05) is 12.3 Å². The number of halogens is 1. The van der Waals surface area contributed by atoms with E-state index in [1.54, 1.807) is 23.7 Å². The monoisotopic (exact) mass is 404 g/mol. The summed E-state index contributed by atoms with van der Waals surface area (Å²) in [6.07, 6.45) is 5.07. The van der Waals surface area contributed by atoms with Crippen LogP contribution in [0.5, 0.6) is 0 Å². The molecule has 2 N–H and O–H groups in total. The Bertz CT molecular complexity index is 514.